The molecule has 4 aromatic rings. The Hall–Kier alpha value is -3.06. The minimum Gasteiger partial charge on any atom is -0.361 e. The summed E-state index contributed by atoms with van der Waals surface area (Å²) < 4.78 is 1.57. The lowest BCUT2D eigenvalue weighted by molar-refractivity contribution is 0.252. The number of amides is 2. The van der Waals surface area contributed by atoms with Crippen LogP contribution in [0.4, 0.5) is 10.6 Å². The molecule has 4 rings (SSSR count). The number of nitrogens with zero attached hydrogens (tertiary/aromatic N) is 3. The summed E-state index contributed by atoms with van der Waals surface area (Å²) in [5, 5.41) is 11.5. The molecule has 25 heavy (non-hydrogen) atoms. The molecule has 0 bridgehead atoms. The molecule has 0 aliphatic carbocycles. The van der Waals surface area contributed by atoms with E-state index in [-0.39, 0.29) is 6.03 Å². The van der Waals surface area contributed by atoms with Gasteiger partial charge in [0.1, 0.15) is 5.82 Å². The van der Waals surface area contributed by atoms with Crippen LogP contribution in [0.15, 0.2) is 48.9 Å². The molecular weight excluding hydrogens is 340 g/mol. The SMILES string of the molecule is O=C(NCCc1c[nH]c2ccc(Cl)cc12)Nc1ccnc2ccnn12. The molecule has 7 nitrogen and oxygen atoms in total. The van der Waals surface area contributed by atoms with E-state index in [9.17, 15) is 4.79 Å². The third-order valence-electron chi connectivity index (χ3n) is 3.94. The van der Waals surface area contributed by atoms with E-state index >= 15 is 0 Å². The average Bonchev–Trinajstić information content (AvgIpc) is 3.22. The van der Waals surface area contributed by atoms with Crippen LogP contribution in [-0.2, 0) is 6.42 Å². The predicted octanol–water partition coefficient (Wildman–Crippen LogP) is 3.23. The van der Waals surface area contributed by atoms with Gasteiger partial charge < -0.3 is 10.3 Å². The Bertz CT molecular complexity index is 1050. The molecule has 1 aromatic carbocycles. The van der Waals surface area contributed by atoms with Crippen LogP contribution in [0.3, 0.4) is 0 Å². The molecule has 3 heterocycles. The van der Waals surface area contributed by atoms with E-state index in [0.717, 1.165) is 16.5 Å². The molecule has 2 amide bonds. The predicted molar refractivity (Wildman–Crippen MR) is 97.0 cm³/mol. The number of hydrogen-bond acceptors (Lipinski definition) is 3. The number of rotatable bonds is 4. The fraction of sp³-hybridized carbons (Fsp3) is 0.118. The smallest absolute Gasteiger partial charge is 0.320 e. The van der Waals surface area contributed by atoms with Crippen molar-refractivity contribution in [2.45, 2.75) is 6.42 Å². The van der Waals surface area contributed by atoms with Crippen molar-refractivity contribution >= 4 is 40.0 Å². The van der Waals surface area contributed by atoms with Crippen molar-refractivity contribution in [3.63, 3.8) is 0 Å². The number of aromatic nitrogens is 4. The van der Waals surface area contributed by atoms with Gasteiger partial charge in [-0.05, 0) is 36.2 Å². The van der Waals surface area contributed by atoms with Gasteiger partial charge in [0, 0.05) is 40.9 Å². The van der Waals surface area contributed by atoms with Gasteiger partial charge in [-0.25, -0.2) is 9.78 Å². The second-order valence-electron chi connectivity index (χ2n) is 5.57. The number of anilines is 1. The van der Waals surface area contributed by atoms with Crippen molar-refractivity contribution < 1.29 is 4.79 Å². The molecule has 0 saturated heterocycles. The summed E-state index contributed by atoms with van der Waals surface area (Å²) in [5.41, 5.74) is 2.81. The second-order valence-corrected chi connectivity index (χ2v) is 6.00. The molecule has 126 valence electrons. The van der Waals surface area contributed by atoms with Gasteiger partial charge in [0.2, 0.25) is 0 Å². The molecule has 0 spiro atoms. The molecule has 0 unspecified atom stereocenters. The van der Waals surface area contributed by atoms with Gasteiger partial charge in [-0.2, -0.15) is 9.61 Å². The Morgan fingerprint density at radius 1 is 1.24 bits per heavy atom. The lowest BCUT2D eigenvalue weighted by atomic mass is 10.1. The molecule has 0 radical (unpaired) electrons. The minimum atomic E-state index is -0.291. The highest BCUT2D eigenvalue weighted by Crippen LogP contribution is 2.22. The second kappa shape index (κ2) is 6.45. The van der Waals surface area contributed by atoms with Gasteiger partial charge >= 0.3 is 6.03 Å². The van der Waals surface area contributed by atoms with Crippen molar-refractivity contribution in [3.8, 4) is 0 Å². The Balaban J connectivity index is 1.39. The minimum absolute atomic E-state index is 0.291. The highest BCUT2D eigenvalue weighted by Gasteiger charge is 2.08. The van der Waals surface area contributed by atoms with Crippen molar-refractivity contribution in [3.05, 3.63) is 59.5 Å². The number of nitrogens with one attached hydrogen (secondary N) is 3. The summed E-state index contributed by atoms with van der Waals surface area (Å²) in [7, 11) is 0. The number of fused-ring (bicyclic) bond motifs is 2. The van der Waals surface area contributed by atoms with Gasteiger partial charge in [0.25, 0.3) is 0 Å². The number of carbonyl (C=O) groups is 1. The van der Waals surface area contributed by atoms with Crippen LogP contribution in [0.5, 0.6) is 0 Å². The van der Waals surface area contributed by atoms with E-state index in [1.165, 1.54) is 0 Å². The van der Waals surface area contributed by atoms with E-state index in [1.54, 1.807) is 29.0 Å². The number of urea groups is 1. The molecule has 3 aromatic heterocycles. The fourth-order valence-electron chi connectivity index (χ4n) is 2.76. The molecular formula is C17H15ClN6O. The van der Waals surface area contributed by atoms with Crippen LogP contribution < -0.4 is 10.6 Å². The van der Waals surface area contributed by atoms with Crippen molar-refractivity contribution in [1.82, 2.24) is 24.9 Å². The average molecular weight is 355 g/mol. The molecule has 0 fully saturated rings. The first kappa shape index (κ1) is 15.5. The summed E-state index contributed by atoms with van der Waals surface area (Å²) >= 11 is 6.05. The van der Waals surface area contributed by atoms with Gasteiger partial charge in [0.05, 0.1) is 6.20 Å². The van der Waals surface area contributed by atoms with Crippen LogP contribution >= 0.6 is 11.6 Å². The summed E-state index contributed by atoms with van der Waals surface area (Å²) in [6.45, 7) is 0.499. The van der Waals surface area contributed by atoms with Crippen LogP contribution in [-0.4, -0.2) is 32.2 Å². The van der Waals surface area contributed by atoms with E-state index in [1.807, 2.05) is 24.4 Å². The third-order valence-corrected chi connectivity index (χ3v) is 4.18. The summed E-state index contributed by atoms with van der Waals surface area (Å²) in [5.74, 6) is 0.561. The molecule has 0 aliphatic rings. The molecule has 3 N–H and O–H groups in total. The Kier molecular flexibility index (Phi) is 3.99. The zero-order chi connectivity index (χ0) is 17.2. The first-order valence-corrected chi connectivity index (χ1v) is 8.17. The van der Waals surface area contributed by atoms with E-state index in [2.05, 4.69) is 25.7 Å². The Morgan fingerprint density at radius 2 is 2.16 bits per heavy atom. The lowest BCUT2D eigenvalue weighted by Gasteiger charge is -2.08. The van der Waals surface area contributed by atoms with E-state index in [0.29, 0.717) is 29.5 Å². The zero-order valence-electron chi connectivity index (χ0n) is 13.2. The number of hydrogen-bond donors (Lipinski definition) is 3. The van der Waals surface area contributed by atoms with Crippen molar-refractivity contribution in [2.24, 2.45) is 0 Å². The molecule has 0 aliphatic heterocycles. The first-order valence-electron chi connectivity index (χ1n) is 7.80. The number of benzene rings is 1. The van der Waals surface area contributed by atoms with Gasteiger partial charge in [0.15, 0.2) is 5.65 Å². The number of aromatic amines is 1. The largest absolute Gasteiger partial charge is 0.361 e. The molecule has 8 heteroatoms. The van der Waals surface area contributed by atoms with Crippen LogP contribution in [0, 0.1) is 0 Å². The Morgan fingerprint density at radius 3 is 3.08 bits per heavy atom. The molecule has 0 atom stereocenters. The third kappa shape index (κ3) is 3.14. The quantitative estimate of drug-likeness (QED) is 0.526. The maximum Gasteiger partial charge on any atom is 0.320 e. The zero-order valence-corrected chi connectivity index (χ0v) is 13.9. The fourth-order valence-corrected chi connectivity index (χ4v) is 2.93. The normalized spacial score (nSPS) is 11.1. The van der Waals surface area contributed by atoms with Crippen molar-refractivity contribution in [2.75, 3.05) is 11.9 Å². The van der Waals surface area contributed by atoms with Crippen LogP contribution in [0.25, 0.3) is 16.6 Å². The summed E-state index contributed by atoms with van der Waals surface area (Å²) in [4.78, 5) is 19.5. The Labute approximate surface area is 148 Å². The topological polar surface area (TPSA) is 87.1 Å². The summed E-state index contributed by atoms with van der Waals surface area (Å²) in [6, 6.07) is 8.89. The van der Waals surface area contributed by atoms with Gasteiger partial charge in [-0.1, -0.05) is 11.6 Å². The number of carbonyl (C=O) groups excluding carboxylic acids is 1. The van der Waals surface area contributed by atoms with E-state index in [4.69, 9.17) is 11.6 Å². The maximum absolute atomic E-state index is 12.1. The highest BCUT2D eigenvalue weighted by atomic mass is 35.5. The van der Waals surface area contributed by atoms with Gasteiger partial charge in [-0.3, -0.25) is 5.32 Å². The maximum atomic E-state index is 12.1. The lowest BCUT2D eigenvalue weighted by Crippen LogP contribution is -2.31. The van der Waals surface area contributed by atoms with Gasteiger partial charge in [-0.15, -0.1) is 0 Å². The molecule has 0 saturated carbocycles. The number of H-pyrrole nitrogens is 1. The van der Waals surface area contributed by atoms with E-state index < -0.39 is 0 Å². The monoisotopic (exact) mass is 354 g/mol. The standard InChI is InChI=1S/C17H15ClN6O/c18-12-1-2-14-13(9-12)11(10-21-14)3-6-20-17(25)23-16-4-7-19-15-5-8-22-24(15)16/h1-2,4-5,7-10,21H,3,6H2,(H2,20,23,25). The van der Waals surface area contributed by atoms with Crippen LogP contribution in [0.1, 0.15) is 5.56 Å². The summed E-state index contributed by atoms with van der Waals surface area (Å²) in [6.07, 6.45) is 5.90. The first-order chi connectivity index (χ1) is 12.2. The number of halogens is 1. The van der Waals surface area contributed by atoms with Crippen LogP contribution in [0.2, 0.25) is 5.02 Å². The highest BCUT2D eigenvalue weighted by molar-refractivity contribution is 6.31. The van der Waals surface area contributed by atoms with Crippen molar-refractivity contribution in [1.29, 1.82) is 0 Å².